The number of carbonyl (C=O) groups is 2. The monoisotopic (exact) mass is 239 g/mol. The van der Waals surface area contributed by atoms with E-state index in [-0.39, 0.29) is 29.9 Å². The van der Waals surface area contributed by atoms with Gasteiger partial charge in [0, 0.05) is 13.1 Å². The third kappa shape index (κ3) is 2.74. The number of amides is 2. The molecule has 0 aliphatic heterocycles. The first kappa shape index (κ1) is 13.0. The average molecular weight is 239 g/mol. The minimum atomic E-state index is -0.562. The van der Waals surface area contributed by atoms with Crippen LogP contribution in [0.15, 0.2) is 6.20 Å². The van der Waals surface area contributed by atoms with Gasteiger partial charge in [-0.15, -0.1) is 0 Å². The zero-order valence-electron chi connectivity index (χ0n) is 10.2. The summed E-state index contributed by atoms with van der Waals surface area (Å²) in [5, 5.41) is 3.89. The second-order valence-corrected chi connectivity index (χ2v) is 4.07. The summed E-state index contributed by atoms with van der Waals surface area (Å²) >= 11 is 0. The number of carbonyl (C=O) groups excluding carboxylic acids is 2. The summed E-state index contributed by atoms with van der Waals surface area (Å²) in [5.41, 5.74) is 11.3. The molecule has 0 radical (unpaired) electrons. The van der Waals surface area contributed by atoms with Gasteiger partial charge in [-0.05, 0) is 13.8 Å². The highest BCUT2D eigenvalue weighted by molar-refractivity contribution is 5.99. The van der Waals surface area contributed by atoms with Gasteiger partial charge in [0.15, 0.2) is 0 Å². The molecule has 17 heavy (non-hydrogen) atoms. The van der Waals surface area contributed by atoms with Gasteiger partial charge in [0.2, 0.25) is 5.91 Å². The van der Waals surface area contributed by atoms with Crippen molar-refractivity contribution < 1.29 is 9.59 Å². The van der Waals surface area contributed by atoms with Crippen LogP contribution in [0, 0.1) is 0 Å². The number of nitrogen functional groups attached to an aromatic ring is 1. The van der Waals surface area contributed by atoms with E-state index in [0.717, 1.165) is 0 Å². The summed E-state index contributed by atoms with van der Waals surface area (Å²) in [6.07, 6.45) is 1.40. The van der Waals surface area contributed by atoms with Gasteiger partial charge in [0.1, 0.15) is 5.69 Å². The lowest BCUT2D eigenvalue weighted by Gasteiger charge is -2.25. The van der Waals surface area contributed by atoms with Crippen LogP contribution in [0.5, 0.6) is 0 Å². The molecule has 1 heterocycles. The molecule has 0 spiro atoms. The van der Waals surface area contributed by atoms with Crippen molar-refractivity contribution in [2.45, 2.75) is 19.9 Å². The molecule has 94 valence electrons. The molecule has 1 rings (SSSR count). The van der Waals surface area contributed by atoms with Gasteiger partial charge in [-0.3, -0.25) is 14.3 Å². The number of aromatic nitrogens is 2. The van der Waals surface area contributed by atoms with Gasteiger partial charge in [-0.1, -0.05) is 0 Å². The van der Waals surface area contributed by atoms with Crippen molar-refractivity contribution in [3.05, 3.63) is 11.9 Å². The van der Waals surface area contributed by atoms with E-state index < -0.39 is 5.91 Å². The molecular weight excluding hydrogens is 222 g/mol. The summed E-state index contributed by atoms with van der Waals surface area (Å²) < 4.78 is 1.38. The molecule has 0 aliphatic carbocycles. The van der Waals surface area contributed by atoms with Gasteiger partial charge in [-0.2, -0.15) is 5.10 Å². The van der Waals surface area contributed by atoms with E-state index in [0.29, 0.717) is 0 Å². The number of hydrogen-bond donors (Lipinski definition) is 2. The maximum absolute atomic E-state index is 12.2. The molecular formula is C10H17N5O2. The molecule has 0 aliphatic rings. The third-order valence-electron chi connectivity index (χ3n) is 2.38. The van der Waals surface area contributed by atoms with E-state index in [2.05, 4.69) is 5.10 Å². The molecule has 0 unspecified atom stereocenters. The first-order valence-electron chi connectivity index (χ1n) is 5.21. The topological polar surface area (TPSA) is 107 Å². The van der Waals surface area contributed by atoms with Crippen LogP contribution in [0.1, 0.15) is 24.3 Å². The molecule has 1 aromatic rings. The van der Waals surface area contributed by atoms with Gasteiger partial charge in [0.05, 0.1) is 18.4 Å². The zero-order chi connectivity index (χ0) is 13.2. The smallest absolute Gasteiger partial charge is 0.274 e. The Bertz CT molecular complexity index is 418. The van der Waals surface area contributed by atoms with E-state index in [1.807, 2.05) is 0 Å². The molecule has 0 bridgehead atoms. The minimum absolute atomic E-state index is 0.138. The van der Waals surface area contributed by atoms with Crippen LogP contribution in [0.25, 0.3) is 0 Å². The molecule has 0 atom stereocenters. The fourth-order valence-electron chi connectivity index (χ4n) is 1.51. The largest absolute Gasteiger partial charge is 0.396 e. The van der Waals surface area contributed by atoms with E-state index in [1.54, 1.807) is 20.9 Å². The number of rotatable bonds is 4. The van der Waals surface area contributed by atoms with Crippen molar-refractivity contribution in [3.63, 3.8) is 0 Å². The van der Waals surface area contributed by atoms with Crippen LogP contribution in [0.2, 0.25) is 0 Å². The number of aryl methyl sites for hydroxylation is 1. The van der Waals surface area contributed by atoms with E-state index in [9.17, 15) is 9.59 Å². The number of nitrogens with zero attached hydrogens (tertiary/aromatic N) is 3. The number of hydrogen-bond acceptors (Lipinski definition) is 4. The van der Waals surface area contributed by atoms with Crippen molar-refractivity contribution >= 4 is 17.5 Å². The SMILES string of the molecule is CC(C)N(CC(N)=O)C(=O)c1c(N)cnn1C. The Hall–Kier alpha value is -2.05. The lowest BCUT2D eigenvalue weighted by Crippen LogP contribution is -2.43. The Kier molecular flexibility index (Phi) is 3.72. The summed E-state index contributed by atoms with van der Waals surface area (Å²) in [6, 6.07) is -0.149. The first-order chi connectivity index (χ1) is 7.84. The first-order valence-corrected chi connectivity index (χ1v) is 5.21. The average Bonchev–Trinajstić information content (AvgIpc) is 2.53. The molecule has 7 heteroatoms. The Morgan fingerprint density at radius 3 is 2.47 bits per heavy atom. The van der Waals surface area contributed by atoms with Crippen molar-refractivity contribution in [3.8, 4) is 0 Å². The fraction of sp³-hybridized carbons (Fsp3) is 0.500. The molecule has 0 saturated carbocycles. The minimum Gasteiger partial charge on any atom is -0.396 e. The molecule has 0 fully saturated rings. The van der Waals surface area contributed by atoms with Crippen LogP contribution in [0.4, 0.5) is 5.69 Å². The second-order valence-electron chi connectivity index (χ2n) is 4.07. The van der Waals surface area contributed by atoms with Gasteiger partial charge < -0.3 is 16.4 Å². The van der Waals surface area contributed by atoms with Crippen molar-refractivity contribution in [1.29, 1.82) is 0 Å². The van der Waals surface area contributed by atoms with E-state index >= 15 is 0 Å². The normalized spacial score (nSPS) is 10.6. The summed E-state index contributed by atoms with van der Waals surface area (Å²) in [4.78, 5) is 24.5. The van der Waals surface area contributed by atoms with Gasteiger partial charge >= 0.3 is 0 Å². The highest BCUT2D eigenvalue weighted by atomic mass is 16.2. The second kappa shape index (κ2) is 4.86. The molecule has 0 aromatic carbocycles. The van der Waals surface area contributed by atoms with Crippen LogP contribution in [0.3, 0.4) is 0 Å². The number of anilines is 1. The molecule has 1 aromatic heterocycles. The molecule has 0 saturated heterocycles. The Balaban J connectivity index is 3.04. The maximum Gasteiger partial charge on any atom is 0.274 e. The quantitative estimate of drug-likeness (QED) is 0.727. The standard InChI is InChI=1S/C10H17N5O2/c1-6(2)15(5-8(12)16)10(17)9-7(11)4-13-14(9)3/h4,6H,5,11H2,1-3H3,(H2,12,16). The molecule has 4 N–H and O–H groups in total. The molecule has 2 amide bonds. The lowest BCUT2D eigenvalue weighted by molar-refractivity contribution is -0.119. The predicted molar refractivity (Wildman–Crippen MR) is 63.0 cm³/mol. The van der Waals surface area contributed by atoms with Gasteiger partial charge in [0.25, 0.3) is 5.91 Å². The third-order valence-corrected chi connectivity index (χ3v) is 2.38. The van der Waals surface area contributed by atoms with Crippen LogP contribution in [-0.4, -0.2) is 39.1 Å². The molecule has 7 nitrogen and oxygen atoms in total. The highest BCUT2D eigenvalue weighted by Gasteiger charge is 2.25. The number of nitrogens with two attached hydrogens (primary N) is 2. The van der Waals surface area contributed by atoms with Crippen molar-refractivity contribution in [2.24, 2.45) is 12.8 Å². The maximum atomic E-state index is 12.2. The van der Waals surface area contributed by atoms with E-state index in [4.69, 9.17) is 11.5 Å². The van der Waals surface area contributed by atoms with Crippen LogP contribution < -0.4 is 11.5 Å². The zero-order valence-corrected chi connectivity index (χ0v) is 10.2. The lowest BCUT2D eigenvalue weighted by atomic mass is 10.2. The Morgan fingerprint density at radius 2 is 2.12 bits per heavy atom. The van der Waals surface area contributed by atoms with Gasteiger partial charge in [-0.25, -0.2) is 0 Å². The van der Waals surface area contributed by atoms with E-state index in [1.165, 1.54) is 15.8 Å². The van der Waals surface area contributed by atoms with Crippen molar-refractivity contribution in [1.82, 2.24) is 14.7 Å². The Morgan fingerprint density at radius 1 is 1.53 bits per heavy atom. The summed E-state index contributed by atoms with van der Waals surface area (Å²) in [7, 11) is 1.62. The fourth-order valence-corrected chi connectivity index (χ4v) is 1.51. The number of primary amides is 1. The van der Waals surface area contributed by atoms with Crippen molar-refractivity contribution in [2.75, 3.05) is 12.3 Å². The highest BCUT2D eigenvalue weighted by Crippen LogP contribution is 2.14. The summed E-state index contributed by atoms with van der Waals surface area (Å²) in [6.45, 7) is 3.46. The van der Waals surface area contributed by atoms with Crippen LogP contribution in [-0.2, 0) is 11.8 Å². The Labute approximate surface area is 99.4 Å². The van der Waals surface area contributed by atoms with Crippen LogP contribution >= 0.6 is 0 Å². The predicted octanol–water partition coefficient (Wildman–Crippen LogP) is -0.662. The summed E-state index contributed by atoms with van der Waals surface area (Å²) in [5.74, 6) is -0.913.